The maximum atomic E-state index is 3.75. The molecule has 0 aromatic carbocycles. The molecule has 0 saturated carbocycles. The first-order valence-electron chi connectivity index (χ1n) is 7.68. The molecule has 1 aliphatic heterocycles. The van der Waals surface area contributed by atoms with Crippen LogP contribution in [0.25, 0.3) is 0 Å². The monoisotopic (exact) mass is 240 g/mol. The highest BCUT2D eigenvalue weighted by atomic mass is 15.1. The molecule has 1 heterocycles. The summed E-state index contributed by atoms with van der Waals surface area (Å²) in [6.45, 7) is 8.43. The Hall–Kier alpha value is -0.0800. The average molecular weight is 240 g/mol. The van der Waals surface area contributed by atoms with E-state index in [-0.39, 0.29) is 0 Å². The number of nitrogens with one attached hydrogen (secondary N) is 1. The molecule has 1 unspecified atom stereocenters. The summed E-state index contributed by atoms with van der Waals surface area (Å²) < 4.78 is 0. The van der Waals surface area contributed by atoms with Crippen molar-refractivity contribution in [3.63, 3.8) is 0 Å². The quantitative estimate of drug-likeness (QED) is 0.700. The van der Waals surface area contributed by atoms with E-state index in [1.807, 2.05) is 0 Å². The lowest BCUT2D eigenvalue weighted by molar-refractivity contribution is 0.210. The molecule has 0 amide bonds. The highest BCUT2D eigenvalue weighted by Gasteiger charge is 2.16. The van der Waals surface area contributed by atoms with Gasteiger partial charge in [0.2, 0.25) is 0 Å². The third-order valence-corrected chi connectivity index (χ3v) is 4.22. The molecular formula is C15H32N2. The van der Waals surface area contributed by atoms with Gasteiger partial charge in [0.05, 0.1) is 0 Å². The second-order valence-corrected chi connectivity index (χ2v) is 5.74. The van der Waals surface area contributed by atoms with E-state index in [0.29, 0.717) is 0 Å². The van der Waals surface area contributed by atoms with Crippen molar-refractivity contribution in [3.8, 4) is 0 Å². The van der Waals surface area contributed by atoms with Crippen molar-refractivity contribution in [3.05, 3.63) is 0 Å². The molecule has 1 fully saturated rings. The van der Waals surface area contributed by atoms with Crippen molar-refractivity contribution in [1.29, 1.82) is 0 Å². The predicted molar refractivity (Wildman–Crippen MR) is 76.4 cm³/mol. The Morgan fingerprint density at radius 2 is 1.94 bits per heavy atom. The zero-order valence-electron chi connectivity index (χ0n) is 12.2. The SMILES string of the molecule is CCCCC(CC)NCCC1CCN(C)CC1. The number of likely N-dealkylation sites (tertiary alicyclic amines) is 1. The molecule has 1 aliphatic rings. The summed E-state index contributed by atoms with van der Waals surface area (Å²) >= 11 is 0. The van der Waals surface area contributed by atoms with Crippen LogP contribution in [0.5, 0.6) is 0 Å². The van der Waals surface area contributed by atoms with Crippen LogP contribution in [0.1, 0.15) is 58.8 Å². The van der Waals surface area contributed by atoms with Gasteiger partial charge in [0, 0.05) is 6.04 Å². The number of hydrogen-bond acceptors (Lipinski definition) is 2. The minimum Gasteiger partial charge on any atom is -0.314 e. The Morgan fingerprint density at radius 1 is 1.24 bits per heavy atom. The lowest BCUT2D eigenvalue weighted by atomic mass is 9.93. The van der Waals surface area contributed by atoms with E-state index >= 15 is 0 Å². The van der Waals surface area contributed by atoms with Crippen molar-refractivity contribution in [2.75, 3.05) is 26.7 Å². The van der Waals surface area contributed by atoms with Gasteiger partial charge in [-0.25, -0.2) is 0 Å². The Labute approximate surface area is 108 Å². The van der Waals surface area contributed by atoms with Gasteiger partial charge in [-0.1, -0.05) is 26.7 Å². The Balaban J connectivity index is 2.05. The van der Waals surface area contributed by atoms with Crippen molar-refractivity contribution in [2.24, 2.45) is 5.92 Å². The number of piperidine rings is 1. The number of unbranched alkanes of at least 4 members (excludes halogenated alkanes) is 1. The first-order chi connectivity index (χ1) is 8.26. The van der Waals surface area contributed by atoms with Crippen LogP contribution >= 0.6 is 0 Å². The third-order valence-electron chi connectivity index (χ3n) is 4.22. The molecule has 0 bridgehead atoms. The molecule has 1 atom stereocenters. The van der Waals surface area contributed by atoms with Gasteiger partial charge in [-0.15, -0.1) is 0 Å². The van der Waals surface area contributed by atoms with Crippen LogP contribution in [0.2, 0.25) is 0 Å². The summed E-state index contributed by atoms with van der Waals surface area (Å²) in [5.41, 5.74) is 0. The second-order valence-electron chi connectivity index (χ2n) is 5.74. The van der Waals surface area contributed by atoms with Crippen molar-refractivity contribution >= 4 is 0 Å². The van der Waals surface area contributed by atoms with E-state index in [1.54, 1.807) is 0 Å². The lowest BCUT2D eigenvalue weighted by Gasteiger charge is -2.29. The maximum absolute atomic E-state index is 3.75. The van der Waals surface area contributed by atoms with Gasteiger partial charge in [0.1, 0.15) is 0 Å². The van der Waals surface area contributed by atoms with Crippen LogP contribution in [0.4, 0.5) is 0 Å². The second kappa shape index (κ2) is 8.93. The van der Waals surface area contributed by atoms with Crippen LogP contribution < -0.4 is 5.32 Å². The largest absolute Gasteiger partial charge is 0.314 e. The Morgan fingerprint density at radius 3 is 2.53 bits per heavy atom. The zero-order chi connectivity index (χ0) is 12.5. The van der Waals surface area contributed by atoms with Crippen LogP contribution in [0.15, 0.2) is 0 Å². The molecule has 0 radical (unpaired) electrons. The molecule has 0 spiro atoms. The first-order valence-corrected chi connectivity index (χ1v) is 7.68. The molecule has 0 aromatic rings. The first kappa shape index (κ1) is 15.0. The number of nitrogens with zero attached hydrogens (tertiary/aromatic N) is 1. The van der Waals surface area contributed by atoms with Gasteiger partial charge in [-0.05, 0) is 64.7 Å². The fraction of sp³-hybridized carbons (Fsp3) is 1.00. The van der Waals surface area contributed by atoms with Gasteiger partial charge in [0.15, 0.2) is 0 Å². The van der Waals surface area contributed by atoms with Gasteiger partial charge < -0.3 is 10.2 Å². The van der Waals surface area contributed by atoms with Crippen LogP contribution in [0.3, 0.4) is 0 Å². The molecule has 1 N–H and O–H groups in total. The summed E-state index contributed by atoms with van der Waals surface area (Å²) in [6.07, 6.45) is 9.55. The summed E-state index contributed by atoms with van der Waals surface area (Å²) in [6, 6.07) is 0.765. The van der Waals surface area contributed by atoms with Crippen LogP contribution in [-0.2, 0) is 0 Å². The van der Waals surface area contributed by atoms with Crippen molar-refractivity contribution < 1.29 is 0 Å². The van der Waals surface area contributed by atoms with E-state index in [0.717, 1.165) is 12.0 Å². The Bertz CT molecular complexity index is 169. The van der Waals surface area contributed by atoms with Crippen LogP contribution in [0, 0.1) is 5.92 Å². The number of hydrogen-bond donors (Lipinski definition) is 1. The normalized spacial score (nSPS) is 20.6. The summed E-state index contributed by atoms with van der Waals surface area (Å²) in [4.78, 5) is 2.46. The van der Waals surface area contributed by atoms with E-state index in [2.05, 4.69) is 31.1 Å². The van der Waals surface area contributed by atoms with E-state index in [9.17, 15) is 0 Å². The molecule has 0 aromatic heterocycles. The van der Waals surface area contributed by atoms with Gasteiger partial charge >= 0.3 is 0 Å². The van der Waals surface area contributed by atoms with Gasteiger partial charge in [0.25, 0.3) is 0 Å². The molecule has 1 saturated heterocycles. The summed E-state index contributed by atoms with van der Waals surface area (Å²) in [7, 11) is 2.24. The highest BCUT2D eigenvalue weighted by molar-refractivity contribution is 4.72. The predicted octanol–water partition coefficient (Wildman–Crippen LogP) is 3.28. The fourth-order valence-electron chi connectivity index (χ4n) is 2.74. The average Bonchev–Trinajstić information content (AvgIpc) is 2.36. The van der Waals surface area contributed by atoms with E-state index in [1.165, 1.54) is 64.6 Å². The molecule has 1 rings (SSSR count). The topological polar surface area (TPSA) is 15.3 Å². The molecular weight excluding hydrogens is 208 g/mol. The van der Waals surface area contributed by atoms with Crippen LogP contribution in [-0.4, -0.2) is 37.6 Å². The van der Waals surface area contributed by atoms with Gasteiger partial charge in [-0.2, -0.15) is 0 Å². The summed E-state index contributed by atoms with van der Waals surface area (Å²) in [5, 5.41) is 3.75. The molecule has 102 valence electrons. The Kier molecular flexibility index (Phi) is 7.87. The molecule has 17 heavy (non-hydrogen) atoms. The maximum Gasteiger partial charge on any atom is 0.00644 e. The van der Waals surface area contributed by atoms with Gasteiger partial charge in [-0.3, -0.25) is 0 Å². The molecule has 0 aliphatic carbocycles. The zero-order valence-corrected chi connectivity index (χ0v) is 12.2. The summed E-state index contributed by atoms with van der Waals surface area (Å²) in [5.74, 6) is 0.974. The third kappa shape index (κ3) is 6.42. The standard InChI is InChI=1S/C15H32N2/c1-4-6-7-15(5-2)16-11-8-14-9-12-17(3)13-10-14/h14-16H,4-13H2,1-3H3. The highest BCUT2D eigenvalue weighted by Crippen LogP contribution is 2.19. The number of rotatable bonds is 8. The fourth-order valence-corrected chi connectivity index (χ4v) is 2.74. The lowest BCUT2D eigenvalue weighted by Crippen LogP contribution is -2.34. The van der Waals surface area contributed by atoms with Crippen molar-refractivity contribution in [2.45, 2.75) is 64.8 Å². The molecule has 2 nitrogen and oxygen atoms in total. The molecule has 2 heteroatoms. The van der Waals surface area contributed by atoms with E-state index in [4.69, 9.17) is 0 Å². The smallest absolute Gasteiger partial charge is 0.00644 e. The van der Waals surface area contributed by atoms with E-state index < -0.39 is 0 Å². The van der Waals surface area contributed by atoms with Crippen molar-refractivity contribution in [1.82, 2.24) is 10.2 Å². The minimum atomic E-state index is 0.765. The minimum absolute atomic E-state index is 0.765.